The maximum absolute atomic E-state index is 12.8. The van der Waals surface area contributed by atoms with E-state index in [1.807, 2.05) is 0 Å². The van der Waals surface area contributed by atoms with Crippen LogP contribution in [-0.4, -0.2) is 60.3 Å². The standard InChI is InChI=1S/C14H26N4O3/c1-17(2)11(19)10-18(3)13(20)14(12(15)16-21)8-6-4-5-7-9-14/h21H,4-10H2,1-3H3,(H2,15,16). The maximum Gasteiger partial charge on any atom is 0.241 e. The Balaban J connectivity index is 2.97. The summed E-state index contributed by atoms with van der Waals surface area (Å²) in [6.07, 6.45) is 4.90. The molecule has 1 aliphatic carbocycles. The highest BCUT2D eigenvalue weighted by Gasteiger charge is 2.44. The second kappa shape index (κ2) is 7.28. The number of hydrogen-bond donors (Lipinski definition) is 2. The number of oxime groups is 1. The van der Waals surface area contributed by atoms with Crippen LogP contribution in [0.25, 0.3) is 0 Å². The topological polar surface area (TPSA) is 99.2 Å². The van der Waals surface area contributed by atoms with Crippen molar-refractivity contribution in [1.29, 1.82) is 0 Å². The van der Waals surface area contributed by atoms with Gasteiger partial charge in [0.1, 0.15) is 5.41 Å². The number of amidine groups is 1. The molecule has 1 fully saturated rings. The second-order valence-electron chi connectivity index (χ2n) is 5.93. The van der Waals surface area contributed by atoms with Gasteiger partial charge in [0.2, 0.25) is 11.8 Å². The molecule has 1 aliphatic rings. The Kier molecular flexibility index (Phi) is 5.99. The van der Waals surface area contributed by atoms with E-state index in [-0.39, 0.29) is 24.2 Å². The van der Waals surface area contributed by atoms with Crippen LogP contribution in [0, 0.1) is 5.41 Å². The molecule has 0 aromatic heterocycles. The Morgan fingerprint density at radius 2 is 1.67 bits per heavy atom. The number of nitrogens with two attached hydrogens (primary N) is 1. The minimum absolute atomic E-state index is 0.00765. The molecule has 2 amide bonds. The van der Waals surface area contributed by atoms with Gasteiger partial charge in [-0.1, -0.05) is 30.8 Å². The molecule has 0 aliphatic heterocycles. The van der Waals surface area contributed by atoms with Gasteiger partial charge in [-0.2, -0.15) is 0 Å². The van der Waals surface area contributed by atoms with E-state index in [2.05, 4.69) is 5.16 Å². The number of hydrogen-bond acceptors (Lipinski definition) is 4. The molecule has 1 rings (SSSR count). The molecule has 0 unspecified atom stereocenters. The van der Waals surface area contributed by atoms with Crippen LogP contribution in [0.1, 0.15) is 38.5 Å². The highest BCUT2D eigenvalue weighted by atomic mass is 16.4. The van der Waals surface area contributed by atoms with Gasteiger partial charge in [-0.05, 0) is 12.8 Å². The third-order valence-electron chi connectivity index (χ3n) is 4.18. The van der Waals surface area contributed by atoms with E-state index >= 15 is 0 Å². The summed E-state index contributed by atoms with van der Waals surface area (Å²) in [5.41, 5.74) is 4.86. The van der Waals surface area contributed by atoms with Crippen molar-refractivity contribution < 1.29 is 14.8 Å². The van der Waals surface area contributed by atoms with Crippen molar-refractivity contribution in [2.45, 2.75) is 38.5 Å². The Morgan fingerprint density at radius 1 is 1.14 bits per heavy atom. The summed E-state index contributed by atoms with van der Waals surface area (Å²) in [7, 11) is 4.87. The monoisotopic (exact) mass is 298 g/mol. The van der Waals surface area contributed by atoms with Crippen LogP contribution >= 0.6 is 0 Å². The van der Waals surface area contributed by atoms with Gasteiger partial charge >= 0.3 is 0 Å². The van der Waals surface area contributed by atoms with Gasteiger partial charge < -0.3 is 20.7 Å². The molecular weight excluding hydrogens is 272 g/mol. The van der Waals surface area contributed by atoms with Crippen molar-refractivity contribution >= 4 is 17.6 Å². The molecule has 0 spiro atoms. The van der Waals surface area contributed by atoms with Crippen LogP contribution in [0.5, 0.6) is 0 Å². The van der Waals surface area contributed by atoms with Gasteiger partial charge in [0, 0.05) is 21.1 Å². The minimum Gasteiger partial charge on any atom is -0.409 e. The van der Waals surface area contributed by atoms with E-state index in [0.717, 1.165) is 25.7 Å². The van der Waals surface area contributed by atoms with Crippen molar-refractivity contribution in [3.63, 3.8) is 0 Å². The first-order valence-corrected chi connectivity index (χ1v) is 7.29. The van der Waals surface area contributed by atoms with Gasteiger partial charge in [-0.3, -0.25) is 9.59 Å². The van der Waals surface area contributed by atoms with Gasteiger partial charge in [-0.15, -0.1) is 0 Å². The lowest BCUT2D eigenvalue weighted by Crippen LogP contribution is -2.52. The molecule has 0 aromatic carbocycles. The van der Waals surface area contributed by atoms with Gasteiger partial charge in [-0.25, -0.2) is 0 Å². The predicted octanol–water partition coefficient (Wildman–Crippen LogP) is 0.620. The van der Waals surface area contributed by atoms with E-state index < -0.39 is 5.41 Å². The number of carbonyl (C=O) groups excluding carboxylic acids is 2. The van der Waals surface area contributed by atoms with Crippen LogP contribution in [0.4, 0.5) is 0 Å². The molecule has 7 heteroatoms. The fourth-order valence-corrected chi connectivity index (χ4v) is 2.79. The van der Waals surface area contributed by atoms with Crippen molar-refractivity contribution in [2.24, 2.45) is 16.3 Å². The number of likely N-dealkylation sites (N-methyl/N-ethyl adjacent to an activating group) is 2. The highest BCUT2D eigenvalue weighted by Crippen LogP contribution is 2.37. The van der Waals surface area contributed by atoms with Gasteiger partial charge in [0.05, 0.1) is 6.54 Å². The highest BCUT2D eigenvalue weighted by molar-refractivity contribution is 6.07. The normalized spacial score (nSPS) is 18.7. The first kappa shape index (κ1) is 17.3. The molecule has 0 bridgehead atoms. The molecule has 1 saturated carbocycles. The lowest BCUT2D eigenvalue weighted by molar-refractivity contribution is -0.143. The number of amides is 2. The summed E-state index contributed by atoms with van der Waals surface area (Å²) >= 11 is 0. The van der Waals surface area contributed by atoms with E-state index in [0.29, 0.717) is 12.8 Å². The van der Waals surface area contributed by atoms with E-state index in [1.54, 1.807) is 21.1 Å². The smallest absolute Gasteiger partial charge is 0.241 e. The zero-order valence-electron chi connectivity index (χ0n) is 13.1. The Labute approximate surface area is 125 Å². The molecule has 0 aromatic rings. The van der Waals surface area contributed by atoms with Crippen LogP contribution < -0.4 is 5.73 Å². The largest absolute Gasteiger partial charge is 0.409 e. The molecule has 0 radical (unpaired) electrons. The fraction of sp³-hybridized carbons (Fsp3) is 0.786. The summed E-state index contributed by atoms with van der Waals surface area (Å²) in [6.45, 7) is -0.00765. The predicted molar refractivity (Wildman–Crippen MR) is 79.9 cm³/mol. The third-order valence-corrected chi connectivity index (χ3v) is 4.18. The summed E-state index contributed by atoms with van der Waals surface area (Å²) in [6, 6.07) is 0. The van der Waals surface area contributed by atoms with Crippen LogP contribution in [0.2, 0.25) is 0 Å². The quantitative estimate of drug-likeness (QED) is 0.261. The summed E-state index contributed by atoms with van der Waals surface area (Å²) in [5, 5.41) is 12.2. The molecule has 0 heterocycles. The zero-order chi connectivity index (χ0) is 16.0. The lowest BCUT2D eigenvalue weighted by atomic mass is 9.77. The molecule has 21 heavy (non-hydrogen) atoms. The average Bonchev–Trinajstić information content (AvgIpc) is 2.71. The summed E-state index contributed by atoms with van der Waals surface area (Å²) < 4.78 is 0. The maximum atomic E-state index is 12.8. The summed E-state index contributed by atoms with van der Waals surface area (Å²) in [5.74, 6) is -0.442. The van der Waals surface area contributed by atoms with Crippen molar-refractivity contribution in [3.05, 3.63) is 0 Å². The van der Waals surface area contributed by atoms with Crippen LogP contribution in [0.15, 0.2) is 5.16 Å². The van der Waals surface area contributed by atoms with Crippen LogP contribution in [-0.2, 0) is 9.59 Å². The molecule has 7 nitrogen and oxygen atoms in total. The van der Waals surface area contributed by atoms with Gasteiger partial charge in [0.15, 0.2) is 5.84 Å². The number of carbonyl (C=O) groups is 2. The minimum atomic E-state index is -0.980. The van der Waals surface area contributed by atoms with E-state index in [1.165, 1.54) is 9.80 Å². The average molecular weight is 298 g/mol. The van der Waals surface area contributed by atoms with Crippen molar-refractivity contribution in [3.8, 4) is 0 Å². The molecule has 0 saturated heterocycles. The molecule has 3 N–H and O–H groups in total. The second-order valence-corrected chi connectivity index (χ2v) is 5.93. The molecule has 0 atom stereocenters. The van der Waals surface area contributed by atoms with E-state index in [9.17, 15) is 9.59 Å². The SMILES string of the molecule is CN(C)C(=O)CN(C)C(=O)C1(C(N)=NO)CCCCCC1. The first-order chi connectivity index (χ1) is 9.85. The Hall–Kier alpha value is -1.79. The van der Waals surface area contributed by atoms with Crippen molar-refractivity contribution in [1.82, 2.24) is 9.80 Å². The third kappa shape index (κ3) is 3.86. The number of rotatable bonds is 4. The zero-order valence-corrected chi connectivity index (χ0v) is 13.1. The molecular formula is C14H26N4O3. The summed E-state index contributed by atoms with van der Waals surface area (Å²) in [4.78, 5) is 27.4. The Morgan fingerprint density at radius 3 is 2.10 bits per heavy atom. The van der Waals surface area contributed by atoms with Crippen molar-refractivity contribution in [2.75, 3.05) is 27.7 Å². The molecule has 120 valence electrons. The number of nitrogens with zero attached hydrogens (tertiary/aromatic N) is 3. The first-order valence-electron chi connectivity index (χ1n) is 7.29. The lowest BCUT2D eigenvalue weighted by Gasteiger charge is -2.34. The van der Waals surface area contributed by atoms with E-state index in [4.69, 9.17) is 10.9 Å². The fourth-order valence-electron chi connectivity index (χ4n) is 2.79. The van der Waals surface area contributed by atoms with Gasteiger partial charge in [0.25, 0.3) is 0 Å². The Bertz CT molecular complexity index is 412. The van der Waals surface area contributed by atoms with Crippen LogP contribution in [0.3, 0.4) is 0 Å².